The summed E-state index contributed by atoms with van der Waals surface area (Å²) in [7, 11) is 5.29. The van der Waals surface area contributed by atoms with Gasteiger partial charge in [0.15, 0.2) is 11.6 Å². The van der Waals surface area contributed by atoms with Crippen molar-refractivity contribution in [3.63, 3.8) is 0 Å². The van der Waals surface area contributed by atoms with E-state index in [4.69, 9.17) is 15.2 Å². The Bertz CT molecular complexity index is 630. The van der Waals surface area contributed by atoms with Gasteiger partial charge in [-0.25, -0.2) is 4.39 Å². The first-order valence-electron chi connectivity index (χ1n) is 6.54. The van der Waals surface area contributed by atoms with Crippen LogP contribution in [-0.4, -0.2) is 21.2 Å². The second kappa shape index (κ2) is 6.35. The summed E-state index contributed by atoms with van der Waals surface area (Å²) in [5.74, 6) is 0.317. The summed E-state index contributed by atoms with van der Waals surface area (Å²) in [5, 5.41) is 0. The predicted octanol–water partition coefficient (Wildman–Crippen LogP) is 3.06. The van der Waals surface area contributed by atoms with Crippen LogP contribution in [-0.2, 0) is 6.61 Å². The summed E-state index contributed by atoms with van der Waals surface area (Å²) >= 11 is 0. The third-order valence-corrected chi connectivity index (χ3v) is 3.16. The van der Waals surface area contributed by atoms with Crippen LogP contribution in [0.1, 0.15) is 5.56 Å². The molecule has 2 aromatic carbocycles. The molecule has 0 aromatic heterocycles. The van der Waals surface area contributed by atoms with E-state index >= 15 is 0 Å². The Balaban J connectivity index is 2.18. The minimum absolute atomic E-state index is 0.0874. The number of rotatable bonds is 5. The average Bonchev–Trinajstić information content (AvgIpc) is 2.47. The summed E-state index contributed by atoms with van der Waals surface area (Å²) < 4.78 is 24.6. The van der Waals surface area contributed by atoms with Gasteiger partial charge in [0, 0.05) is 31.4 Å². The van der Waals surface area contributed by atoms with Crippen molar-refractivity contribution in [2.75, 3.05) is 31.8 Å². The van der Waals surface area contributed by atoms with Crippen molar-refractivity contribution in [3.8, 4) is 11.5 Å². The van der Waals surface area contributed by atoms with Crippen molar-refractivity contribution in [1.82, 2.24) is 0 Å². The smallest absolute Gasteiger partial charge is 0.171 e. The van der Waals surface area contributed by atoms with Gasteiger partial charge in [-0.3, -0.25) is 0 Å². The summed E-state index contributed by atoms with van der Waals surface area (Å²) in [6.07, 6.45) is 0. The van der Waals surface area contributed by atoms with E-state index in [2.05, 4.69) is 0 Å². The summed E-state index contributed by atoms with van der Waals surface area (Å²) in [4.78, 5) is 1.94. The van der Waals surface area contributed by atoms with Gasteiger partial charge in [-0.15, -0.1) is 0 Å². The maximum atomic E-state index is 14.0. The monoisotopic (exact) mass is 290 g/mol. The highest BCUT2D eigenvalue weighted by atomic mass is 19.1. The number of hydrogen-bond acceptors (Lipinski definition) is 4. The summed E-state index contributed by atoms with van der Waals surface area (Å²) in [6.45, 7) is 0.0874. The van der Waals surface area contributed by atoms with Gasteiger partial charge < -0.3 is 20.1 Å². The molecule has 0 spiro atoms. The van der Waals surface area contributed by atoms with E-state index in [1.54, 1.807) is 24.3 Å². The summed E-state index contributed by atoms with van der Waals surface area (Å²) in [5.41, 5.74) is 7.79. The van der Waals surface area contributed by atoms with Crippen LogP contribution in [0.4, 0.5) is 15.8 Å². The minimum atomic E-state index is -0.415. The maximum absolute atomic E-state index is 14.0. The van der Waals surface area contributed by atoms with Crippen molar-refractivity contribution >= 4 is 11.4 Å². The Morgan fingerprint density at radius 1 is 1.14 bits per heavy atom. The first-order valence-corrected chi connectivity index (χ1v) is 6.54. The van der Waals surface area contributed by atoms with Gasteiger partial charge in [0.05, 0.1) is 12.8 Å². The fourth-order valence-corrected chi connectivity index (χ4v) is 1.91. The molecule has 0 radical (unpaired) electrons. The third kappa shape index (κ3) is 3.37. The lowest BCUT2D eigenvalue weighted by molar-refractivity contribution is 0.297. The standard InChI is InChI=1S/C16H19FN2O2/c1-19(2)12-7-8-13(18)15(9-12)21-10-11-5-4-6-14(20-3)16(11)17/h4-9H,10,18H2,1-3H3. The molecule has 0 bridgehead atoms. The fourth-order valence-electron chi connectivity index (χ4n) is 1.91. The summed E-state index contributed by atoms with van der Waals surface area (Å²) in [6, 6.07) is 10.4. The van der Waals surface area contributed by atoms with Crippen LogP contribution >= 0.6 is 0 Å². The molecule has 5 heteroatoms. The highest BCUT2D eigenvalue weighted by Crippen LogP contribution is 2.28. The number of ether oxygens (including phenoxy) is 2. The SMILES string of the molecule is COc1cccc(COc2cc(N(C)C)ccc2N)c1F. The second-order valence-corrected chi connectivity index (χ2v) is 4.84. The van der Waals surface area contributed by atoms with Crippen molar-refractivity contribution in [2.45, 2.75) is 6.61 Å². The van der Waals surface area contributed by atoms with Gasteiger partial charge in [0.25, 0.3) is 0 Å². The zero-order valence-electron chi connectivity index (χ0n) is 12.4. The van der Waals surface area contributed by atoms with Crippen LogP contribution in [0, 0.1) is 5.82 Å². The molecule has 2 rings (SSSR count). The van der Waals surface area contributed by atoms with E-state index < -0.39 is 5.82 Å². The van der Waals surface area contributed by atoms with Crippen molar-refractivity contribution in [1.29, 1.82) is 0 Å². The van der Waals surface area contributed by atoms with E-state index in [1.807, 2.05) is 31.1 Å². The van der Waals surface area contributed by atoms with E-state index in [9.17, 15) is 4.39 Å². The predicted molar refractivity (Wildman–Crippen MR) is 82.5 cm³/mol. The molecule has 4 nitrogen and oxygen atoms in total. The number of methoxy groups -OCH3 is 1. The van der Waals surface area contributed by atoms with Gasteiger partial charge in [-0.1, -0.05) is 12.1 Å². The van der Waals surface area contributed by atoms with E-state index in [0.29, 0.717) is 17.0 Å². The number of hydrogen-bond donors (Lipinski definition) is 1. The van der Waals surface area contributed by atoms with Gasteiger partial charge in [0.1, 0.15) is 12.4 Å². The first-order chi connectivity index (χ1) is 10.0. The molecule has 0 aliphatic rings. The molecule has 0 unspecified atom stereocenters. The number of halogens is 1. The number of nitrogens with zero attached hydrogens (tertiary/aromatic N) is 1. The van der Waals surface area contributed by atoms with E-state index in [1.165, 1.54) is 7.11 Å². The van der Waals surface area contributed by atoms with Crippen LogP contribution in [0.5, 0.6) is 11.5 Å². The highest BCUT2D eigenvalue weighted by Gasteiger charge is 2.10. The van der Waals surface area contributed by atoms with Crippen LogP contribution in [0.2, 0.25) is 0 Å². The molecule has 0 fully saturated rings. The number of nitrogens with two attached hydrogens (primary N) is 1. The molecule has 0 aliphatic heterocycles. The lowest BCUT2D eigenvalue weighted by Crippen LogP contribution is -2.09. The van der Waals surface area contributed by atoms with Crippen molar-refractivity contribution < 1.29 is 13.9 Å². The lowest BCUT2D eigenvalue weighted by Gasteiger charge is -2.16. The molecular weight excluding hydrogens is 271 g/mol. The van der Waals surface area contributed by atoms with Crippen LogP contribution < -0.4 is 20.1 Å². The van der Waals surface area contributed by atoms with E-state index in [-0.39, 0.29) is 12.4 Å². The minimum Gasteiger partial charge on any atom is -0.494 e. The normalized spacial score (nSPS) is 10.3. The molecule has 0 saturated heterocycles. The molecule has 2 N–H and O–H groups in total. The van der Waals surface area contributed by atoms with Gasteiger partial charge >= 0.3 is 0 Å². The lowest BCUT2D eigenvalue weighted by atomic mass is 10.2. The van der Waals surface area contributed by atoms with Gasteiger partial charge in [-0.2, -0.15) is 0 Å². The zero-order valence-corrected chi connectivity index (χ0v) is 12.4. The average molecular weight is 290 g/mol. The van der Waals surface area contributed by atoms with E-state index in [0.717, 1.165) is 5.69 Å². The number of anilines is 2. The van der Waals surface area contributed by atoms with Crippen LogP contribution in [0.25, 0.3) is 0 Å². The Labute approximate surface area is 123 Å². The molecular formula is C16H19FN2O2. The Morgan fingerprint density at radius 2 is 1.90 bits per heavy atom. The largest absolute Gasteiger partial charge is 0.494 e. The number of nitrogen functional groups attached to an aromatic ring is 1. The second-order valence-electron chi connectivity index (χ2n) is 4.84. The van der Waals surface area contributed by atoms with Crippen LogP contribution in [0.15, 0.2) is 36.4 Å². The fraction of sp³-hybridized carbons (Fsp3) is 0.250. The number of benzene rings is 2. The maximum Gasteiger partial charge on any atom is 0.171 e. The Morgan fingerprint density at radius 3 is 2.57 bits per heavy atom. The Hall–Kier alpha value is -2.43. The Kier molecular flexibility index (Phi) is 4.52. The molecule has 0 atom stereocenters. The molecule has 0 saturated carbocycles. The third-order valence-electron chi connectivity index (χ3n) is 3.16. The zero-order chi connectivity index (χ0) is 15.4. The van der Waals surface area contributed by atoms with Gasteiger partial charge in [-0.05, 0) is 18.2 Å². The molecule has 112 valence electrons. The highest BCUT2D eigenvalue weighted by molar-refractivity contribution is 5.61. The van der Waals surface area contributed by atoms with Crippen LogP contribution in [0.3, 0.4) is 0 Å². The van der Waals surface area contributed by atoms with Gasteiger partial charge in [0.2, 0.25) is 0 Å². The van der Waals surface area contributed by atoms with Crippen molar-refractivity contribution in [2.24, 2.45) is 0 Å². The topological polar surface area (TPSA) is 47.7 Å². The van der Waals surface area contributed by atoms with Crippen molar-refractivity contribution in [3.05, 3.63) is 47.8 Å². The molecule has 0 aliphatic carbocycles. The quantitative estimate of drug-likeness (QED) is 0.860. The molecule has 2 aromatic rings. The first kappa shape index (κ1) is 15.0. The molecule has 0 amide bonds. The molecule has 21 heavy (non-hydrogen) atoms. The molecule has 0 heterocycles.